The Balaban J connectivity index is 1.58. The summed E-state index contributed by atoms with van der Waals surface area (Å²) >= 11 is 0. The number of alkyl carbamates (subject to hydrolysis) is 1. The number of carbonyl (C=O) groups excluding carboxylic acids is 2. The van der Waals surface area contributed by atoms with Crippen molar-refractivity contribution in [2.75, 3.05) is 6.61 Å². The van der Waals surface area contributed by atoms with Crippen molar-refractivity contribution in [3.05, 3.63) is 59.7 Å². The van der Waals surface area contributed by atoms with Gasteiger partial charge in [-0.25, -0.2) is 4.79 Å². The number of carboxylic acids is 1. The van der Waals surface area contributed by atoms with Crippen molar-refractivity contribution in [3.8, 4) is 11.1 Å². The van der Waals surface area contributed by atoms with Crippen molar-refractivity contribution >= 4 is 18.0 Å². The number of hydrogen-bond donors (Lipinski definition) is 3. The summed E-state index contributed by atoms with van der Waals surface area (Å²) in [6, 6.07) is 15.9. The van der Waals surface area contributed by atoms with Gasteiger partial charge in [0, 0.05) is 23.9 Å². The Hall–Kier alpha value is -3.35. The van der Waals surface area contributed by atoms with Crippen LogP contribution in [-0.2, 0) is 14.3 Å². The highest BCUT2D eigenvalue weighted by Crippen LogP contribution is 2.44. The van der Waals surface area contributed by atoms with Crippen LogP contribution >= 0.6 is 0 Å². The largest absolute Gasteiger partial charge is 0.481 e. The zero-order valence-electron chi connectivity index (χ0n) is 19.4. The van der Waals surface area contributed by atoms with Crippen LogP contribution in [0.2, 0.25) is 0 Å². The maximum atomic E-state index is 12.6. The quantitative estimate of drug-likeness (QED) is 0.494. The lowest BCUT2D eigenvalue weighted by Gasteiger charge is -2.26. The number of benzene rings is 2. The number of carbonyl (C=O) groups is 3. The van der Waals surface area contributed by atoms with E-state index in [9.17, 15) is 14.4 Å². The second-order valence-electron chi connectivity index (χ2n) is 9.16. The fraction of sp³-hybridized carbons (Fsp3) is 0.423. The van der Waals surface area contributed by atoms with Gasteiger partial charge in [-0.2, -0.15) is 0 Å². The molecule has 0 bridgehead atoms. The standard InChI is InChI=1S/C26H32N2O5/c1-4-9-17(14-23(29)28-26(2,3)15-24(30)31)27-25(32)33-16-22-20-12-7-5-10-18(20)19-11-6-8-13-21(19)22/h5-8,10-13,17,22H,4,9,14-16H2,1-3H3,(H,27,32)(H,28,29)(H,30,31). The topological polar surface area (TPSA) is 105 Å². The van der Waals surface area contributed by atoms with Gasteiger partial charge in [-0.05, 0) is 42.5 Å². The van der Waals surface area contributed by atoms with Crippen LogP contribution in [0.1, 0.15) is 63.5 Å². The zero-order chi connectivity index (χ0) is 24.0. The number of amides is 2. The summed E-state index contributed by atoms with van der Waals surface area (Å²) in [6.07, 6.45) is 0.697. The number of nitrogens with one attached hydrogen (secondary N) is 2. The summed E-state index contributed by atoms with van der Waals surface area (Å²) in [4.78, 5) is 36.0. The molecule has 176 valence electrons. The van der Waals surface area contributed by atoms with Crippen LogP contribution in [-0.4, -0.2) is 41.3 Å². The molecule has 2 aromatic rings. The maximum Gasteiger partial charge on any atom is 0.407 e. The third-order valence-corrected chi connectivity index (χ3v) is 5.81. The molecule has 3 rings (SSSR count). The fourth-order valence-electron chi connectivity index (χ4n) is 4.45. The van der Waals surface area contributed by atoms with E-state index in [1.807, 2.05) is 31.2 Å². The van der Waals surface area contributed by atoms with Gasteiger partial charge in [-0.3, -0.25) is 9.59 Å². The van der Waals surface area contributed by atoms with Crippen molar-refractivity contribution in [1.29, 1.82) is 0 Å². The molecule has 3 N–H and O–H groups in total. The minimum Gasteiger partial charge on any atom is -0.481 e. The predicted octanol–water partition coefficient (Wildman–Crippen LogP) is 4.45. The average Bonchev–Trinajstić information content (AvgIpc) is 3.04. The van der Waals surface area contributed by atoms with E-state index >= 15 is 0 Å². The van der Waals surface area contributed by atoms with Crippen molar-refractivity contribution in [1.82, 2.24) is 10.6 Å². The van der Waals surface area contributed by atoms with Gasteiger partial charge in [0.25, 0.3) is 0 Å². The molecule has 7 heteroatoms. The van der Waals surface area contributed by atoms with Crippen LogP contribution in [0.4, 0.5) is 4.79 Å². The number of rotatable bonds is 10. The van der Waals surface area contributed by atoms with E-state index in [0.717, 1.165) is 28.7 Å². The van der Waals surface area contributed by atoms with E-state index in [-0.39, 0.29) is 31.3 Å². The van der Waals surface area contributed by atoms with Crippen LogP contribution < -0.4 is 10.6 Å². The first-order chi connectivity index (χ1) is 15.7. The van der Waals surface area contributed by atoms with Gasteiger partial charge < -0.3 is 20.5 Å². The van der Waals surface area contributed by atoms with Gasteiger partial charge in [0.15, 0.2) is 0 Å². The van der Waals surface area contributed by atoms with E-state index in [2.05, 4.69) is 34.9 Å². The van der Waals surface area contributed by atoms with Crippen LogP contribution in [0.15, 0.2) is 48.5 Å². The molecule has 0 saturated carbocycles. The minimum absolute atomic E-state index is 0.0344. The van der Waals surface area contributed by atoms with Crippen molar-refractivity contribution in [2.24, 2.45) is 0 Å². The number of carboxylic acid groups (broad SMARTS) is 1. The summed E-state index contributed by atoms with van der Waals surface area (Å²) in [5.74, 6) is -1.33. The van der Waals surface area contributed by atoms with Crippen molar-refractivity contribution in [2.45, 2.75) is 64.0 Å². The molecule has 0 heterocycles. The summed E-state index contributed by atoms with van der Waals surface area (Å²) < 4.78 is 5.59. The molecule has 0 radical (unpaired) electrons. The Morgan fingerprint density at radius 2 is 1.61 bits per heavy atom. The van der Waals surface area contributed by atoms with E-state index in [4.69, 9.17) is 9.84 Å². The molecule has 0 saturated heterocycles. The van der Waals surface area contributed by atoms with Crippen LogP contribution in [0, 0.1) is 0 Å². The SMILES string of the molecule is CCCC(CC(=O)NC(C)(C)CC(=O)O)NC(=O)OCC1c2ccccc2-c2ccccc21. The smallest absolute Gasteiger partial charge is 0.407 e. The Morgan fingerprint density at radius 1 is 1.03 bits per heavy atom. The minimum atomic E-state index is -0.984. The van der Waals surface area contributed by atoms with Gasteiger partial charge in [-0.1, -0.05) is 61.9 Å². The highest BCUT2D eigenvalue weighted by atomic mass is 16.5. The van der Waals surface area contributed by atoms with Crippen LogP contribution in [0.25, 0.3) is 11.1 Å². The molecule has 7 nitrogen and oxygen atoms in total. The predicted molar refractivity (Wildman–Crippen MR) is 126 cm³/mol. The van der Waals surface area contributed by atoms with E-state index in [1.54, 1.807) is 13.8 Å². The summed E-state index contributed by atoms with van der Waals surface area (Å²) in [5.41, 5.74) is 3.72. The van der Waals surface area contributed by atoms with Gasteiger partial charge in [-0.15, -0.1) is 0 Å². The maximum absolute atomic E-state index is 12.6. The lowest BCUT2D eigenvalue weighted by molar-refractivity contribution is -0.138. The Morgan fingerprint density at radius 3 is 2.15 bits per heavy atom. The molecule has 1 aliphatic carbocycles. The van der Waals surface area contributed by atoms with Gasteiger partial charge in [0.05, 0.1) is 6.42 Å². The third kappa shape index (κ3) is 6.34. The third-order valence-electron chi connectivity index (χ3n) is 5.81. The second kappa shape index (κ2) is 10.5. The molecule has 0 aliphatic heterocycles. The van der Waals surface area contributed by atoms with E-state index in [1.165, 1.54) is 0 Å². The molecule has 0 spiro atoms. The summed E-state index contributed by atoms with van der Waals surface area (Å²) in [6.45, 7) is 5.49. The fourth-order valence-corrected chi connectivity index (χ4v) is 4.45. The molecular weight excluding hydrogens is 420 g/mol. The average molecular weight is 453 g/mol. The lowest BCUT2D eigenvalue weighted by atomic mass is 9.98. The first kappa shape index (κ1) is 24.3. The molecule has 2 amide bonds. The summed E-state index contributed by atoms with van der Waals surface area (Å²) in [7, 11) is 0. The molecule has 33 heavy (non-hydrogen) atoms. The molecule has 2 aromatic carbocycles. The number of fused-ring (bicyclic) bond motifs is 3. The first-order valence-electron chi connectivity index (χ1n) is 11.3. The van der Waals surface area contributed by atoms with Gasteiger partial charge in [0.1, 0.15) is 6.61 Å². The van der Waals surface area contributed by atoms with Crippen LogP contribution in [0.3, 0.4) is 0 Å². The van der Waals surface area contributed by atoms with Crippen LogP contribution in [0.5, 0.6) is 0 Å². The Bertz CT molecular complexity index is 972. The highest BCUT2D eigenvalue weighted by Gasteiger charge is 2.30. The number of ether oxygens (including phenoxy) is 1. The van der Waals surface area contributed by atoms with Crippen molar-refractivity contribution < 1.29 is 24.2 Å². The first-order valence-corrected chi connectivity index (χ1v) is 11.3. The van der Waals surface area contributed by atoms with Gasteiger partial charge in [0.2, 0.25) is 5.91 Å². The molecule has 1 unspecified atom stereocenters. The van der Waals surface area contributed by atoms with E-state index in [0.29, 0.717) is 6.42 Å². The van der Waals surface area contributed by atoms with E-state index < -0.39 is 23.6 Å². The Kier molecular flexibility index (Phi) is 7.74. The number of hydrogen-bond acceptors (Lipinski definition) is 4. The van der Waals surface area contributed by atoms with Crippen molar-refractivity contribution in [3.63, 3.8) is 0 Å². The molecule has 1 atom stereocenters. The Labute approximate surface area is 194 Å². The second-order valence-corrected chi connectivity index (χ2v) is 9.16. The molecule has 1 aliphatic rings. The van der Waals surface area contributed by atoms with Gasteiger partial charge >= 0.3 is 12.1 Å². The monoisotopic (exact) mass is 452 g/mol. The number of aliphatic carboxylic acids is 1. The zero-order valence-corrected chi connectivity index (χ0v) is 19.4. The lowest BCUT2D eigenvalue weighted by Crippen LogP contribution is -2.47. The molecular formula is C26H32N2O5. The normalized spacial score (nSPS) is 13.5. The summed E-state index contributed by atoms with van der Waals surface area (Å²) in [5, 5.41) is 14.5. The molecule has 0 aromatic heterocycles. The molecule has 0 fully saturated rings. The highest BCUT2D eigenvalue weighted by molar-refractivity contribution is 5.80.